The summed E-state index contributed by atoms with van der Waals surface area (Å²) in [4.78, 5) is 23.1. The van der Waals surface area contributed by atoms with Gasteiger partial charge in [0.15, 0.2) is 0 Å². The van der Waals surface area contributed by atoms with E-state index in [2.05, 4.69) is 32.9 Å². The average Bonchev–Trinajstić information content (AvgIpc) is 3.09. The highest BCUT2D eigenvalue weighted by molar-refractivity contribution is 5.69. The Bertz CT molecular complexity index is 729. The fourth-order valence-corrected chi connectivity index (χ4v) is 8.52. The Morgan fingerprint density at radius 3 is 2.61 bits per heavy atom. The molecule has 0 radical (unpaired) electrons. The smallest absolute Gasteiger partial charge is 0.305 e. The van der Waals surface area contributed by atoms with Gasteiger partial charge in [0.25, 0.3) is 0 Å². The van der Waals surface area contributed by atoms with Gasteiger partial charge < -0.3 is 9.47 Å². The monoisotopic (exact) mass is 430 g/mol. The van der Waals surface area contributed by atoms with Crippen molar-refractivity contribution in [1.82, 2.24) is 0 Å². The fourth-order valence-electron chi connectivity index (χ4n) is 8.52. The summed E-state index contributed by atoms with van der Waals surface area (Å²) in [7, 11) is 1.49. The van der Waals surface area contributed by atoms with Crippen molar-refractivity contribution in [3.63, 3.8) is 0 Å². The van der Waals surface area contributed by atoms with Crippen molar-refractivity contribution in [3.05, 3.63) is 12.2 Å². The Balaban J connectivity index is 1.50. The zero-order chi connectivity index (χ0) is 22.4. The highest BCUT2D eigenvalue weighted by Crippen LogP contribution is 2.66. The van der Waals surface area contributed by atoms with E-state index in [-0.39, 0.29) is 23.5 Å². The highest BCUT2D eigenvalue weighted by atomic mass is 16.5. The van der Waals surface area contributed by atoms with Crippen LogP contribution >= 0.6 is 0 Å². The number of esters is 2. The van der Waals surface area contributed by atoms with Gasteiger partial charge in [-0.1, -0.05) is 32.9 Å². The molecule has 9 atom stereocenters. The molecule has 0 bridgehead atoms. The zero-order valence-electron chi connectivity index (χ0n) is 20.2. The summed E-state index contributed by atoms with van der Waals surface area (Å²) in [6.07, 6.45) is 15.2. The third kappa shape index (κ3) is 3.97. The molecule has 4 rings (SSSR count). The minimum atomic E-state index is -0.131. The van der Waals surface area contributed by atoms with Gasteiger partial charge in [-0.15, -0.1) is 0 Å². The summed E-state index contributed by atoms with van der Waals surface area (Å²) in [6, 6.07) is 0. The lowest BCUT2D eigenvalue weighted by Gasteiger charge is -2.59. The number of rotatable bonds is 5. The first kappa shape index (κ1) is 22.9. The van der Waals surface area contributed by atoms with Crippen LogP contribution < -0.4 is 0 Å². The van der Waals surface area contributed by atoms with Gasteiger partial charge in [0.1, 0.15) is 6.10 Å². The lowest BCUT2D eigenvalue weighted by Crippen LogP contribution is -2.52. The van der Waals surface area contributed by atoms with Crippen LogP contribution in [-0.2, 0) is 19.1 Å². The molecule has 4 aliphatic rings. The lowest BCUT2D eigenvalue weighted by molar-refractivity contribution is -0.154. The molecule has 174 valence electrons. The summed E-state index contributed by atoms with van der Waals surface area (Å²) in [5.74, 6) is 3.85. The van der Waals surface area contributed by atoms with Gasteiger partial charge in [-0.3, -0.25) is 9.59 Å². The van der Waals surface area contributed by atoms with Gasteiger partial charge in [-0.25, -0.2) is 0 Å². The first-order valence-electron chi connectivity index (χ1n) is 12.6. The molecule has 31 heavy (non-hydrogen) atoms. The molecule has 3 saturated carbocycles. The molecule has 0 aromatic rings. The molecule has 0 spiro atoms. The lowest BCUT2D eigenvalue weighted by atomic mass is 9.46. The Hall–Kier alpha value is -1.32. The molecular weight excluding hydrogens is 388 g/mol. The summed E-state index contributed by atoms with van der Waals surface area (Å²) < 4.78 is 10.5. The SMILES string of the molecule is COC(=O)CCC(C)C1CCC2C3CCC4C[C@H](OC(C)=O)CCC4(C)C3C=CC12C. The topological polar surface area (TPSA) is 52.6 Å². The fraction of sp³-hybridized carbons (Fsp3) is 0.852. The molecule has 4 nitrogen and oxygen atoms in total. The van der Waals surface area contributed by atoms with Gasteiger partial charge >= 0.3 is 11.9 Å². The second-order valence-corrected chi connectivity index (χ2v) is 11.6. The predicted molar refractivity (Wildman–Crippen MR) is 121 cm³/mol. The molecule has 3 fully saturated rings. The number of fused-ring (bicyclic) bond motifs is 5. The number of hydrogen-bond acceptors (Lipinski definition) is 4. The van der Waals surface area contributed by atoms with E-state index in [0.29, 0.717) is 35.5 Å². The molecule has 0 aromatic heterocycles. The van der Waals surface area contributed by atoms with E-state index in [4.69, 9.17) is 9.47 Å². The van der Waals surface area contributed by atoms with Crippen LogP contribution in [0.4, 0.5) is 0 Å². The van der Waals surface area contributed by atoms with Crippen molar-refractivity contribution < 1.29 is 19.1 Å². The summed E-state index contributed by atoms with van der Waals surface area (Å²) in [5.41, 5.74) is 0.598. The molecule has 0 amide bonds. The van der Waals surface area contributed by atoms with Gasteiger partial charge in [0.05, 0.1) is 7.11 Å². The third-order valence-corrected chi connectivity index (χ3v) is 10.2. The van der Waals surface area contributed by atoms with Crippen LogP contribution in [0.5, 0.6) is 0 Å². The zero-order valence-corrected chi connectivity index (χ0v) is 20.2. The van der Waals surface area contributed by atoms with Crippen molar-refractivity contribution >= 4 is 11.9 Å². The predicted octanol–water partition coefficient (Wildman–Crippen LogP) is 5.94. The van der Waals surface area contributed by atoms with Crippen LogP contribution in [0, 0.1) is 46.3 Å². The maximum Gasteiger partial charge on any atom is 0.305 e. The largest absolute Gasteiger partial charge is 0.469 e. The highest BCUT2D eigenvalue weighted by Gasteiger charge is 2.59. The first-order chi connectivity index (χ1) is 14.7. The van der Waals surface area contributed by atoms with E-state index in [0.717, 1.165) is 31.1 Å². The van der Waals surface area contributed by atoms with Crippen LogP contribution in [0.15, 0.2) is 12.2 Å². The Kier molecular flexibility index (Phi) is 6.31. The summed E-state index contributed by atoms with van der Waals surface area (Å²) in [6.45, 7) is 8.91. The van der Waals surface area contributed by atoms with Gasteiger partial charge in [-0.05, 0) is 97.7 Å². The van der Waals surface area contributed by atoms with Crippen molar-refractivity contribution in [2.24, 2.45) is 46.3 Å². The standard InChI is InChI=1S/C27H42O4/c1-17(6-11-25(29)30-5)22-9-10-23-21-8-7-19-16-20(31-18(2)28)12-14-26(19,3)24(21)13-15-27(22,23)4/h13,15,17,19-24H,6-12,14,16H2,1-5H3/t17?,19?,20-,21?,22?,23?,24?,26?,27?/m1/s1. The van der Waals surface area contributed by atoms with E-state index in [9.17, 15) is 9.59 Å². The van der Waals surface area contributed by atoms with Crippen LogP contribution in [0.1, 0.15) is 85.5 Å². The molecule has 8 unspecified atom stereocenters. The van der Waals surface area contributed by atoms with Gasteiger partial charge in [0.2, 0.25) is 0 Å². The van der Waals surface area contributed by atoms with Crippen LogP contribution in [0.2, 0.25) is 0 Å². The summed E-state index contributed by atoms with van der Waals surface area (Å²) in [5, 5.41) is 0. The number of carbonyl (C=O) groups excluding carboxylic acids is 2. The number of allylic oxidation sites excluding steroid dienone is 2. The number of ether oxygens (including phenoxy) is 2. The van der Waals surface area contributed by atoms with E-state index in [1.165, 1.54) is 46.1 Å². The summed E-state index contributed by atoms with van der Waals surface area (Å²) >= 11 is 0. The molecule has 4 heteroatoms. The van der Waals surface area contributed by atoms with E-state index in [1.54, 1.807) is 0 Å². The third-order valence-electron chi connectivity index (χ3n) is 10.2. The second-order valence-electron chi connectivity index (χ2n) is 11.6. The number of carbonyl (C=O) groups is 2. The van der Waals surface area contributed by atoms with Gasteiger partial charge in [0, 0.05) is 13.3 Å². The normalized spacial score (nSPS) is 44.5. The van der Waals surface area contributed by atoms with Crippen molar-refractivity contribution in [2.75, 3.05) is 7.11 Å². The number of methoxy groups -OCH3 is 1. The molecular formula is C27H42O4. The van der Waals surface area contributed by atoms with E-state index >= 15 is 0 Å². The quantitative estimate of drug-likeness (QED) is 0.400. The molecule has 0 aromatic carbocycles. The van der Waals surface area contributed by atoms with Crippen LogP contribution in [-0.4, -0.2) is 25.2 Å². The molecule has 0 heterocycles. The molecule has 0 N–H and O–H groups in total. The minimum absolute atomic E-state index is 0.0820. The Labute approximate surface area is 188 Å². The number of hydrogen-bond donors (Lipinski definition) is 0. The Morgan fingerprint density at radius 2 is 1.90 bits per heavy atom. The minimum Gasteiger partial charge on any atom is -0.469 e. The van der Waals surface area contributed by atoms with Crippen molar-refractivity contribution in [3.8, 4) is 0 Å². The molecule has 0 aliphatic heterocycles. The van der Waals surface area contributed by atoms with Gasteiger partial charge in [-0.2, -0.15) is 0 Å². The molecule has 0 saturated heterocycles. The van der Waals surface area contributed by atoms with E-state index < -0.39 is 0 Å². The van der Waals surface area contributed by atoms with E-state index in [1.807, 2.05) is 0 Å². The van der Waals surface area contributed by atoms with Crippen molar-refractivity contribution in [1.29, 1.82) is 0 Å². The second kappa shape index (κ2) is 8.56. The van der Waals surface area contributed by atoms with Crippen LogP contribution in [0.25, 0.3) is 0 Å². The van der Waals surface area contributed by atoms with Crippen molar-refractivity contribution in [2.45, 2.75) is 91.6 Å². The van der Waals surface area contributed by atoms with Crippen LogP contribution in [0.3, 0.4) is 0 Å². The molecule has 4 aliphatic carbocycles. The first-order valence-corrected chi connectivity index (χ1v) is 12.6. The Morgan fingerprint density at radius 1 is 1.13 bits per heavy atom. The maximum absolute atomic E-state index is 11.7. The average molecular weight is 431 g/mol. The maximum atomic E-state index is 11.7.